The van der Waals surface area contributed by atoms with Crippen LogP contribution in [0, 0.1) is 25.5 Å². The van der Waals surface area contributed by atoms with Gasteiger partial charge in [0.2, 0.25) is 0 Å². The molecule has 1 aliphatic rings. The topological polar surface area (TPSA) is 82.2 Å². The molecule has 1 amide bonds. The van der Waals surface area contributed by atoms with Gasteiger partial charge < -0.3 is 18.8 Å². The van der Waals surface area contributed by atoms with Crippen LogP contribution in [0.3, 0.4) is 0 Å². The fraction of sp³-hybridized carbons (Fsp3) is 0.310. The van der Waals surface area contributed by atoms with Crippen molar-refractivity contribution in [2.24, 2.45) is 7.05 Å². The first-order valence-corrected chi connectivity index (χ1v) is 12.7. The van der Waals surface area contributed by atoms with E-state index < -0.39 is 17.2 Å². The second-order valence-electron chi connectivity index (χ2n) is 9.69. The van der Waals surface area contributed by atoms with Crippen LogP contribution in [-0.4, -0.2) is 43.1 Å². The maximum Gasteiger partial charge on any atom is 0.286 e. The van der Waals surface area contributed by atoms with E-state index in [2.05, 4.69) is 9.97 Å². The van der Waals surface area contributed by atoms with E-state index in [1.165, 1.54) is 17.7 Å². The quantitative estimate of drug-likeness (QED) is 0.356. The largest absolute Gasteiger partial charge is 0.491 e. The Morgan fingerprint density at radius 2 is 1.79 bits per heavy atom. The molecule has 0 bridgehead atoms. The van der Waals surface area contributed by atoms with E-state index in [9.17, 15) is 18.4 Å². The normalized spacial score (nSPS) is 13.1. The number of benzene rings is 1. The van der Waals surface area contributed by atoms with Crippen molar-refractivity contribution in [2.45, 2.75) is 40.3 Å². The number of rotatable bonds is 7. The van der Waals surface area contributed by atoms with Gasteiger partial charge in [-0.1, -0.05) is 0 Å². The summed E-state index contributed by atoms with van der Waals surface area (Å²) in [6, 6.07) is 5.34. The summed E-state index contributed by atoms with van der Waals surface area (Å²) in [6.45, 7) is 6.60. The van der Waals surface area contributed by atoms with Crippen LogP contribution in [0.2, 0.25) is 0 Å². The van der Waals surface area contributed by atoms with Gasteiger partial charge in [0.15, 0.2) is 17.4 Å². The first kappa shape index (κ1) is 26.3. The van der Waals surface area contributed by atoms with Gasteiger partial charge >= 0.3 is 0 Å². The molecule has 0 unspecified atom stereocenters. The predicted octanol–water partition coefficient (Wildman–Crippen LogP) is 4.18. The van der Waals surface area contributed by atoms with Gasteiger partial charge in [0.1, 0.15) is 5.82 Å². The molecule has 8 nitrogen and oxygen atoms in total. The molecule has 1 aromatic carbocycles. The lowest BCUT2D eigenvalue weighted by atomic mass is 9.87. The standard InChI is InChI=1S/C29H29F2N5O3/c1-5-39-26-12-20(33-13-25(26)30)15-36-8-6-21-22(24-16-34(4)29(38)27(31)17(24)2)10-19(11-23(21)28(36)37)14-35-9-7-32-18(35)3/h7,9-13,16H,5-6,8,14-15H2,1-4H3. The minimum Gasteiger partial charge on any atom is -0.491 e. The summed E-state index contributed by atoms with van der Waals surface area (Å²) in [6.07, 6.45) is 6.81. The van der Waals surface area contributed by atoms with Crippen LogP contribution in [-0.2, 0) is 26.6 Å². The number of aryl methyl sites for hydroxylation is 2. The number of pyridine rings is 2. The molecule has 5 rings (SSSR count). The van der Waals surface area contributed by atoms with Crippen molar-refractivity contribution in [1.29, 1.82) is 0 Å². The summed E-state index contributed by atoms with van der Waals surface area (Å²) in [7, 11) is 1.51. The molecule has 0 aliphatic carbocycles. The van der Waals surface area contributed by atoms with E-state index in [1.54, 1.807) is 31.1 Å². The number of amides is 1. The van der Waals surface area contributed by atoms with E-state index in [1.807, 2.05) is 29.8 Å². The van der Waals surface area contributed by atoms with Crippen LogP contribution < -0.4 is 10.3 Å². The number of carbonyl (C=O) groups is 1. The fourth-order valence-electron chi connectivity index (χ4n) is 5.02. The predicted molar refractivity (Wildman–Crippen MR) is 142 cm³/mol. The zero-order chi connectivity index (χ0) is 27.8. The Labute approximate surface area is 224 Å². The highest BCUT2D eigenvalue weighted by atomic mass is 19.1. The summed E-state index contributed by atoms with van der Waals surface area (Å²) < 4.78 is 37.4. The molecule has 4 heterocycles. The third-order valence-corrected chi connectivity index (χ3v) is 7.12. The average molecular weight is 534 g/mol. The monoisotopic (exact) mass is 533 g/mol. The summed E-state index contributed by atoms with van der Waals surface area (Å²) in [5.74, 6) is -0.650. The Balaban J connectivity index is 1.59. The fourth-order valence-corrected chi connectivity index (χ4v) is 5.02. The lowest BCUT2D eigenvalue weighted by molar-refractivity contribution is 0.0724. The SMILES string of the molecule is CCOc1cc(CN2CCc3c(cc(Cn4ccnc4C)cc3-c3cn(C)c(=O)c(F)c3C)C2=O)ncc1F. The van der Waals surface area contributed by atoms with Crippen molar-refractivity contribution >= 4 is 5.91 Å². The number of imidazole rings is 1. The van der Waals surface area contributed by atoms with Crippen molar-refractivity contribution in [3.05, 3.63) is 98.7 Å². The lowest BCUT2D eigenvalue weighted by Gasteiger charge is -2.31. The van der Waals surface area contributed by atoms with Gasteiger partial charge in [-0.25, -0.2) is 13.8 Å². The van der Waals surface area contributed by atoms with Gasteiger partial charge in [0.25, 0.3) is 11.5 Å². The molecule has 39 heavy (non-hydrogen) atoms. The van der Waals surface area contributed by atoms with Crippen LogP contribution in [0.5, 0.6) is 5.75 Å². The molecule has 0 radical (unpaired) electrons. The average Bonchev–Trinajstić information content (AvgIpc) is 3.32. The number of hydrogen-bond acceptors (Lipinski definition) is 5. The number of carbonyl (C=O) groups excluding carboxylic acids is 1. The van der Waals surface area contributed by atoms with Crippen molar-refractivity contribution in [3.8, 4) is 16.9 Å². The van der Waals surface area contributed by atoms with E-state index in [0.717, 1.165) is 28.7 Å². The van der Waals surface area contributed by atoms with Crippen LogP contribution in [0.4, 0.5) is 8.78 Å². The second kappa shape index (κ2) is 10.4. The molecule has 3 aromatic heterocycles. The molecule has 0 N–H and O–H groups in total. The third-order valence-electron chi connectivity index (χ3n) is 7.12. The maximum atomic E-state index is 14.9. The molecule has 1 aliphatic heterocycles. The zero-order valence-corrected chi connectivity index (χ0v) is 22.3. The Morgan fingerprint density at radius 3 is 2.51 bits per heavy atom. The number of halogens is 2. The molecule has 0 saturated carbocycles. The number of nitrogens with zero attached hydrogens (tertiary/aromatic N) is 5. The van der Waals surface area contributed by atoms with Gasteiger partial charge in [0.05, 0.1) is 25.0 Å². The van der Waals surface area contributed by atoms with Gasteiger partial charge in [0, 0.05) is 55.9 Å². The van der Waals surface area contributed by atoms with E-state index >= 15 is 0 Å². The number of fused-ring (bicyclic) bond motifs is 1. The van der Waals surface area contributed by atoms with Crippen molar-refractivity contribution < 1.29 is 18.3 Å². The first-order valence-electron chi connectivity index (χ1n) is 12.7. The molecule has 10 heteroatoms. The van der Waals surface area contributed by atoms with Crippen molar-refractivity contribution in [1.82, 2.24) is 24.0 Å². The summed E-state index contributed by atoms with van der Waals surface area (Å²) in [4.78, 5) is 36.1. The van der Waals surface area contributed by atoms with Crippen LogP contribution in [0.1, 0.15) is 45.5 Å². The lowest BCUT2D eigenvalue weighted by Crippen LogP contribution is -2.37. The minimum atomic E-state index is -0.809. The number of hydrogen-bond donors (Lipinski definition) is 0. The summed E-state index contributed by atoms with van der Waals surface area (Å²) in [5, 5.41) is 0. The molecule has 202 valence electrons. The van der Waals surface area contributed by atoms with Gasteiger partial charge in [-0.2, -0.15) is 0 Å². The molecule has 0 atom stereocenters. The van der Waals surface area contributed by atoms with E-state index in [-0.39, 0.29) is 23.8 Å². The molecular formula is C29H29F2N5O3. The van der Waals surface area contributed by atoms with Crippen molar-refractivity contribution in [2.75, 3.05) is 13.2 Å². The highest BCUT2D eigenvalue weighted by Crippen LogP contribution is 2.34. The van der Waals surface area contributed by atoms with Crippen molar-refractivity contribution in [3.63, 3.8) is 0 Å². The highest BCUT2D eigenvalue weighted by molar-refractivity contribution is 5.99. The van der Waals surface area contributed by atoms with Crippen LogP contribution >= 0.6 is 0 Å². The third kappa shape index (κ3) is 4.94. The summed E-state index contributed by atoms with van der Waals surface area (Å²) >= 11 is 0. The minimum absolute atomic E-state index is 0.0971. The van der Waals surface area contributed by atoms with Gasteiger partial charge in [-0.15, -0.1) is 0 Å². The smallest absolute Gasteiger partial charge is 0.286 e. The zero-order valence-electron chi connectivity index (χ0n) is 22.3. The molecule has 0 spiro atoms. The molecule has 0 fully saturated rings. The second-order valence-corrected chi connectivity index (χ2v) is 9.69. The van der Waals surface area contributed by atoms with Crippen LogP contribution in [0.25, 0.3) is 11.1 Å². The molecular weight excluding hydrogens is 504 g/mol. The maximum absolute atomic E-state index is 14.9. The van der Waals surface area contributed by atoms with E-state index in [0.29, 0.717) is 42.9 Å². The van der Waals surface area contributed by atoms with Gasteiger partial charge in [-0.05, 0) is 61.6 Å². The Bertz CT molecular complexity index is 1640. The van der Waals surface area contributed by atoms with E-state index in [4.69, 9.17) is 4.74 Å². The highest BCUT2D eigenvalue weighted by Gasteiger charge is 2.29. The van der Waals surface area contributed by atoms with Crippen LogP contribution in [0.15, 0.2) is 47.8 Å². The Hall–Kier alpha value is -4.34. The Morgan fingerprint density at radius 1 is 1.03 bits per heavy atom. The number of ether oxygens (including phenoxy) is 1. The molecule has 4 aromatic rings. The number of aromatic nitrogens is 4. The summed E-state index contributed by atoms with van der Waals surface area (Å²) in [5.41, 5.74) is 3.49. The van der Waals surface area contributed by atoms with Gasteiger partial charge in [-0.3, -0.25) is 14.6 Å². The Kier molecular flexibility index (Phi) is 7.03. The molecule has 0 saturated heterocycles. The first-order chi connectivity index (χ1) is 18.7.